The third-order valence-electron chi connectivity index (χ3n) is 6.72. The first-order valence-electron chi connectivity index (χ1n) is 10.6. The van der Waals surface area contributed by atoms with Crippen molar-refractivity contribution < 1.29 is 19.0 Å². The van der Waals surface area contributed by atoms with Crippen LogP contribution in [-0.2, 0) is 14.9 Å². The van der Waals surface area contributed by atoms with E-state index >= 15 is 0 Å². The highest BCUT2D eigenvalue weighted by Crippen LogP contribution is 2.49. The SMILES string of the molecule is CCCC(C)(C)C(=O)OC1=CC2N(C)CCC2(c2ccc(OC)c(OC)c2)CC1. The van der Waals surface area contributed by atoms with Gasteiger partial charge in [0.15, 0.2) is 11.5 Å². The summed E-state index contributed by atoms with van der Waals surface area (Å²) in [5.74, 6) is 2.20. The minimum atomic E-state index is -0.449. The number of fused-ring (bicyclic) bond motifs is 1. The maximum Gasteiger partial charge on any atom is 0.316 e. The van der Waals surface area contributed by atoms with E-state index < -0.39 is 5.41 Å². The molecule has 0 amide bonds. The molecule has 1 aliphatic heterocycles. The molecule has 1 aliphatic carbocycles. The number of carbonyl (C=O) groups excluding carboxylic acids is 1. The molecule has 3 rings (SSSR count). The van der Waals surface area contributed by atoms with E-state index in [0.29, 0.717) is 0 Å². The number of ether oxygens (including phenoxy) is 3. The quantitative estimate of drug-likeness (QED) is 0.620. The molecule has 5 heteroatoms. The van der Waals surface area contributed by atoms with Crippen LogP contribution in [0.25, 0.3) is 0 Å². The number of allylic oxidation sites excluding steroid dienone is 1. The fourth-order valence-corrected chi connectivity index (χ4v) is 4.92. The van der Waals surface area contributed by atoms with Gasteiger partial charge in [0.1, 0.15) is 5.76 Å². The zero-order valence-corrected chi connectivity index (χ0v) is 18.7. The minimum Gasteiger partial charge on any atom is -0.493 e. The summed E-state index contributed by atoms with van der Waals surface area (Å²) in [5, 5.41) is 0. The topological polar surface area (TPSA) is 48.0 Å². The highest BCUT2D eigenvalue weighted by atomic mass is 16.5. The van der Waals surface area contributed by atoms with E-state index in [1.165, 1.54) is 5.56 Å². The summed E-state index contributed by atoms with van der Waals surface area (Å²) in [7, 11) is 5.48. The molecule has 2 aliphatic rings. The molecule has 1 aromatic carbocycles. The molecule has 2 unspecified atom stereocenters. The Bertz CT molecular complexity index is 785. The number of esters is 1. The fraction of sp³-hybridized carbons (Fsp3) is 0.625. The lowest BCUT2D eigenvalue weighted by Crippen LogP contribution is -2.43. The largest absolute Gasteiger partial charge is 0.493 e. The lowest BCUT2D eigenvalue weighted by atomic mass is 9.68. The van der Waals surface area contributed by atoms with Crippen molar-refractivity contribution in [2.75, 3.05) is 27.8 Å². The van der Waals surface area contributed by atoms with Crippen LogP contribution in [0.1, 0.15) is 58.4 Å². The molecular weight excluding hydrogens is 366 g/mol. The van der Waals surface area contributed by atoms with Crippen LogP contribution in [0.3, 0.4) is 0 Å². The van der Waals surface area contributed by atoms with Crippen LogP contribution in [0.5, 0.6) is 11.5 Å². The second-order valence-electron chi connectivity index (χ2n) is 9.06. The Morgan fingerprint density at radius 1 is 1.21 bits per heavy atom. The van der Waals surface area contributed by atoms with Gasteiger partial charge >= 0.3 is 5.97 Å². The average molecular weight is 402 g/mol. The molecule has 2 atom stereocenters. The second-order valence-corrected chi connectivity index (χ2v) is 9.06. The summed E-state index contributed by atoms with van der Waals surface area (Å²) < 4.78 is 16.8. The number of carbonyl (C=O) groups is 1. The smallest absolute Gasteiger partial charge is 0.316 e. The van der Waals surface area contributed by atoms with Crippen molar-refractivity contribution >= 4 is 5.97 Å². The number of benzene rings is 1. The minimum absolute atomic E-state index is 0.00312. The van der Waals surface area contributed by atoms with Crippen molar-refractivity contribution in [1.29, 1.82) is 0 Å². The van der Waals surface area contributed by atoms with Crippen molar-refractivity contribution in [2.24, 2.45) is 5.41 Å². The Kier molecular flexibility index (Phi) is 6.27. The van der Waals surface area contributed by atoms with E-state index in [2.05, 4.69) is 37.1 Å². The van der Waals surface area contributed by atoms with Gasteiger partial charge in [-0.25, -0.2) is 0 Å². The number of methoxy groups -OCH3 is 2. The molecule has 0 spiro atoms. The van der Waals surface area contributed by atoms with Gasteiger partial charge in [0.2, 0.25) is 0 Å². The van der Waals surface area contributed by atoms with Gasteiger partial charge < -0.3 is 14.2 Å². The van der Waals surface area contributed by atoms with Crippen molar-refractivity contribution in [2.45, 2.75) is 64.3 Å². The number of nitrogens with zero attached hydrogens (tertiary/aromatic N) is 1. The molecule has 0 aromatic heterocycles. The van der Waals surface area contributed by atoms with Gasteiger partial charge in [-0.3, -0.25) is 9.69 Å². The zero-order chi connectivity index (χ0) is 21.2. The third kappa shape index (κ3) is 4.02. The molecule has 1 fully saturated rings. The van der Waals surface area contributed by atoms with E-state index in [4.69, 9.17) is 14.2 Å². The van der Waals surface area contributed by atoms with Gasteiger partial charge in [0.05, 0.1) is 19.6 Å². The fourth-order valence-electron chi connectivity index (χ4n) is 4.92. The Hall–Kier alpha value is -2.01. The average Bonchev–Trinajstić information content (AvgIpc) is 3.04. The van der Waals surface area contributed by atoms with Crippen molar-refractivity contribution in [3.05, 3.63) is 35.6 Å². The van der Waals surface area contributed by atoms with Crippen LogP contribution in [0.4, 0.5) is 0 Å². The van der Waals surface area contributed by atoms with Crippen LogP contribution < -0.4 is 9.47 Å². The van der Waals surface area contributed by atoms with E-state index in [9.17, 15) is 4.79 Å². The Morgan fingerprint density at radius 2 is 1.93 bits per heavy atom. The predicted molar refractivity (Wildman–Crippen MR) is 114 cm³/mol. The Balaban J connectivity index is 1.89. The summed E-state index contributed by atoms with van der Waals surface area (Å²) in [6.07, 6.45) is 6.76. The molecule has 1 saturated heterocycles. The lowest BCUT2D eigenvalue weighted by Gasteiger charge is -2.40. The predicted octanol–water partition coefficient (Wildman–Crippen LogP) is 4.69. The first-order chi connectivity index (χ1) is 13.8. The zero-order valence-electron chi connectivity index (χ0n) is 18.7. The maximum atomic E-state index is 12.7. The third-order valence-corrected chi connectivity index (χ3v) is 6.72. The van der Waals surface area contributed by atoms with Gasteiger partial charge in [-0.1, -0.05) is 19.4 Å². The molecule has 1 heterocycles. The van der Waals surface area contributed by atoms with Crippen LogP contribution >= 0.6 is 0 Å². The second kappa shape index (κ2) is 8.39. The maximum absolute atomic E-state index is 12.7. The summed E-state index contributed by atoms with van der Waals surface area (Å²) in [5.41, 5.74) is 0.815. The Morgan fingerprint density at radius 3 is 2.59 bits per heavy atom. The van der Waals surface area contributed by atoms with Crippen LogP contribution in [0.2, 0.25) is 0 Å². The number of hydrogen-bond acceptors (Lipinski definition) is 5. The summed E-state index contributed by atoms with van der Waals surface area (Å²) >= 11 is 0. The monoisotopic (exact) mass is 401 g/mol. The molecule has 0 N–H and O–H groups in total. The molecule has 0 bridgehead atoms. The highest BCUT2D eigenvalue weighted by Gasteiger charge is 2.49. The normalized spacial score (nSPS) is 24.6. The summed E-state index contributed by atoms with van der Waals surface area (Å²) in [6, 6.07) is 6.46. The molecule has 0 radical (unpaired) electrons. The molecule has 160 valence electrons. The number of hydrogen-bond donors (Lipinski definition) is 0. The van der Waals surface area contributed by atoms with Crippen molar-refractivity contribution in [3.8, 4) is 11.5 Å². The van der Waals surface area contributed by atoms with Gasteiger partial charge in [-0.15, -0.1) is 0 Å². The van der Waals surface area contributed by atoms with E-state index in [1.807, 2.05) is 19.9 Å². The van der Waals surface area contributed by atoms with E-state index in [1.54, 1.807) is 14.2 Å². The van der Waals surface area contributed by atoms with Gasteiger partial charge in [0, 0.05) is 17.9 Å². The number of rotatable bonds is 7. The van der Waals surface area contributed by atoms with Crippen molar-refractivity contribution in [3.63, 3.8) is 0 Å². The molecule has 5 nitrogen and oxygen atoms in total. The number of likely N-dealkylation sites (tertiary alicyclic amines) is 1. The molecule has 0 saturated carbocycles. The van der Waals surface area contributed by atoms with E-state index in [0.717, 1.165) is 55.9 Å². The standard InChI is InChI=1S/C24H35NO4/c1-7-11-23(2,3)22(26)29-18-10-12-24(13-14-25(4)21(24)16-18)17-8-9-19(27-5)20(15-17)28-6/h8-9,15-16,21H,7,10-14H2,1-6H3. The number of likely N-dealkylation sites (N-methyl/N-ethyl adjacent to an activating group) is 1. The molecule has 1 aromatic rings. The van der Waals surface area contributed by atoms with Gasteiger partial charge in [-0.2, -0.15) is 0 Å². The first-order valence-corrected chi connectivity index (χ1v) is 10.6. The van der Waals surface area contributed by atoms with Gasteiger partial charge in [-0.05, 0) is 70.5 Å². The molecule has 29 heavy (non-hydrogen) atoms. The van der Waals surface area contributed by atoms with Crippen LogP contribution in [0, 0.1) is 5.41 Å². The summed E-state index contributed by atoms with van der Waals surface area (Å²) in [6.45, 7) is 7.05. The Labute approximate surface area is 175 Å². The first kappa shape index (κ1) is 21.7. The van der Waals surface area contributed by atoms with Gasteiger partial charge in [0.25, 0.3) is 0 Å². The summed E-state index contributed by atoms with van der Waals surface area (Å²) in [4.78, 5) is 15.1. The van der Waals surface area contributed by atoms with Crippen LogP contribution in [0.15, 0.2) is 30.0 Å². The van der Waals surface area contributed by atoms with E-state index in [-0.39, 0.29) is 17.4 Å². The molecular formula is C24H35NO4. The van der Waals surface area contributed by atoms with Crippen molar-refractivity contribution in [1.82, 2.24) is 4.90 Å². The highest BCUT2D eigenvalue weighted by molar-refractivity contribution is 5.77. The van der Waals surface area contributed by atoms with Crippen LogP contribution in [-0.4, -0.2) is 44.7 Å². The lowest BCUT2D eigenvalue weighted by molar-refractivity contribution is -0.150.